The lowest BCUT2D eigenvalue weighted by Gasteiger charge is -2.08. The van der Waals surface area contributed by atoms with Crippen LogP contribution >= 0.6 is 0 Å². The maximum atomic E-state index is 12.9. The fourth-order valence-corrected chi connectivity index (χ4v) is 0.906. The predicted molar refractivity (Wildman–Crippen MR) is 42.2 cm³/mol. The number of carbonyl (C=O) groups is 1. The Hall–Kier alpha value is -1.79. The summed E-state index contributed by atoms with van der Waals surface area (Å²) in [6.45, 7) is 0.904. The maximum absolute atomic E-state index is 12.9. The zero-order valence-corrected chi connectivity index (χ0v) is 7.37. The molecule has 1 amide bonds. The number of benzene rings is 1. The number of aromatic hydroxyl groups is 1. The number of rotatable bonds is 1. The number of halogens is 4. The van der Waals surface area contributed by atoms with Crippen molar-refractivity contribution in [1.82, 2.24) is 0 Å². The Labute approximate surface area is 81.3 Å². The minimum absolute atomic E-state index is 0.904. The standard InChI is InChI=1S/C8H5F4NO2/c1-2(14)13-7-3(9)5(11)8(15)6(12)4(7)10/h15H,1H3,(H,13,14). The highest BCUT2D eigenvalue weighted by molar-refractivity contribution is 5.89. The van der Waals surface area contributed by atoms with Gasteiger partial charge in [0.2, 0.25) is 17.5 Å². The smallest absolute Gasteiger partial charge is 0.221 e. The van der Waals surface area contributed by atoms with Crippen molar-refractivity contribution in [3.63, 3.8) is 0 Å². The number of hydrogen-bond donors (Lipinski definition) is 2. The van der Waals surface area contributed by atoms with Crippen LogP contribution in [-0.4, -0.2) is 11.0 Å². The molecule has 0 spiro atoms. The first kappa shape index (κ1) is 11.3. The Morgan fingerprint density at radius 3 is 1.80 bits per heavy atom. The van der Waals surface area contributed by atoms with E-state index in [4.69, 9.17) is 5.11 Å². The molecule has 7 heteroatoms. The molecule has 1 rings (SSSR count). The fraction of sp³-hybridized carbons (Fsp3) is 0.125. The number of phenols is 1. The third-order valence-corrected chi connectivity index (χ3v) is 1.54. The third-order valence-electron chi connectivity index (χ3n) is 1.54. The average molecular weight is 223 g/mol. The fourth-order valence-electron chi connectivity index (χ4n) is 0.906. The Kier molecular flexibility index (Phi) is 2.83. The van der Waals surface area contributed by atoms with Crippen molar-refractivity contribution in [2.75, 3.05) is 5.32 Å². The first-order valence-corrected chi connectivity index (χ1v) is 3.68. The van der Waals surface area contributed by atoms with Crippen molar-refractivity contribution in [3.8, 4) is 5.75 Å². The maximum Gasteiger partial charge on any atom is 0.221 e. The molecule has 0 bridgehead atoms. The minimum atomic E-state index is -1.96. The first-order valence-electron chi connectivity index (χ1n) is 3.68. The van der Waals surface area contributed by atoms with Crippen LogP contribution in [0, 0.1) is 23.3 Å². The molecule has 0 radical (unpaired) electrons. The van der Waals surface area contributed by atoms with Gasteiger partial charge in [-0.15, -0.1) is 0 Å². The van der Waals surface area contributed by atoms with E-state index in [1.165, 1.54) is 0 Å². The van der Waals surface area contributed by atoms with E-state index in [1.807, 2.05) is 0 Å². The van der Waals surface area contributed by atoms with Gasteiger partial charge >= 0.3 is 0 Å². The van der Waals surface area contributed by atoms with Crippen molar-refractivity contribution in [2.24, 2.45) is 0 Å². The van der Waals surface area contributed by atoms with Crippen LogP contribution in [-0.2, 0) is 4.79 Å². The van der Waals surface area contributed by atoms with Crippen LogP contribution < -0.4 is 5.32 Å². The summed E-state index contributed by atoms with van der Waals surface area (Å²) in [5, 5.41) is 10.2. The summed E-state index contributed by atoms with van der Waals surface area (Å²) < 4.78 is 51.2. The lowest BCUT2D eigenvalue weighted by atomic mass is 10.2. The molecule has 3 nitrogen and oxygen atoms in total. The SMILES string of the molecule is CC(=O)Nc1c(F)c(F)c(O)c(F)c1F. The molecule has 15 heavy (non-hydrogen) atoms. The lowest BCUT2D eigenvalue weighted by Crippen LogP contribution is -2.12. The topological polar surface area (TPSA) is 49.3 Å². The second-order valence-corrected chi connectivity index (χ2v) is 2.66. The van der Waals surface area contributed by atoms with Crippen LogP contribution in [0.5, 0.6) is 5.75 Å². The summed E-state index contributed by atoms with van der Waals surface area (Å²) in [6, 6.07) is 0. The Morgan fingerprint density at radius 2 is 1.47 bits per heavy atom. The number of carbonyl (C=O) groups excluding carboxylic acids is 1. The molecule has 0 heterocycles. The Balaban J connectivity index is 3.45. The molecule has 82 valence electrons. The average Bonchev–Trinajstić information content (AvgIpc) is 2.18. The van der Waals surface area contributed by atoms with Crippen molar-refractivity contribution < 1.29 is 27.5 Å². The molecule has 1 aromatic rings. The van der Waals surface area contributed by atoms with Crippen molar-refractivity contribution >= 4 is 11.6 Å². The molecule has 0 saturated heterocycles. The van der Waals surface area contributed by atoms with Crippen LogP contribution in [0.4, 0.5) is 23.2 Å². The summed E-state index contributed by atoms with van der Waals surface area (Å²) in [7, 11) is 0. The van der Waals surface area contributed by atoms with Crippen molar-refractivity contribution in [2.45, 2.75) is 6.92 Å². The van der Waals surface area contributed by atoms with Crippen molar-refractivity contribution in [3.05, 3.63) is 23.3 Å². The molecule has 1 aromatic carbocycles. The molecule has 0 aliphatic rings. The number of amides is 1. The van der Waals surface area contributed by atoms with Crippen molar-refractivity contribution in [1.29, 1.82) is 0 Å². The van der Waals surface area contributed by atoms with E-state index in [0.717, 1.165) is 6.92 Å². The van der Waals surface area contributed by atoms with Gasteiger partial charge in [-0.2, -0.15) is 8.78 Å². The van der Waals surface area contributed by atoms with Crippen LogP contribution in [0.3, 0.4) is 0 Å². The molecule has 0 unspecified atom stereocenters. The van der Waals surface area contributed by atoms with Gasteiger partial charge in [0.15, 0.2) is 17.4 Å². The van der Waals surface area contributed by atoms with E-state index in [-0.39, 0.29) is 0 Å². The van der Waals surface area contributed by atoms with Crippen LogP contribution in [0.1, 0.15) is 6.92 Å². The van der Waals surface area contributed by atoms with Gasteiger partial charge in [0.05, 0.1) is 0 Å². The zero-order chi connectivity index (χ0) is 11.7. The zero-order valence-electron chi connectivity index (χ0n) is 7.37. The second-order valence-electron chi connectivity index (χ2n) is 2.66. The quantitative estimate of drug-likeness (QED) is 0.434. The molecule has 0 aliphatic carbocycles. The largest absolute Gasteiger partial charge is 0.503 e. The normalized spacial score (nSPS) is 10.2. The highest BCUT2D eigenvalue weighted by Crippen LogP contribution is 2.31. The molecule has 0 atom stereocenters. The van der Waals surface area contributed by atoms with E-state index in [2.05, 4.69) is 0 Å². The predicted octanol–water partition coefficient (Wildman–Crippen LogP) is 1.91. The number of anilines is 1. The van der Waals surface area contributed by atoms with Crippen LogP contribution in [0.15, 0.2) is 0 Å². The first-order chi connectivity index (χ1) is 6.86. The van der Waals surface area contributed by atoms with E-state index in [1.54, 1.807) is 5.32 Å². The van der Waals surface area contributed by atoms with Crippen LogP contribution in [0.25, 0.3) is 0 Å². The molecule has 0 aromatic heterocycles. The molecular formula is C8H5F4NO2. The summed E-state index contributed by atoms with van der Waals surface area (Å²) in [4.78, 5) is 10.5. The molecule has 0 saturated carbocycles. The van der Waals surface area contributed by atoms with Gasteiger partial charge in [0.1, 0.15) is 5.69 Å². The Morgan fingerprint density at radius 1 is 1.07 bits per heavy atom. The van der Waals surface area contributed by atoms with Gasteiger partial charge in [-0.1, -0.05) is 0 Å². The van der Waals surface area contributed by atoms with Gasteiger partial charge in [0, 0.05) is 6.92 Å². The number of phenolic OH excluding ortho intramolecular Hbond substituents is 1. The van der Waals surface area contributed by atoms with Gasteiger partial charge in [-0.05, 0) is 0 Å². The van der Waals surface area contributed by atoms with E-state index < -0.39 is 40.6 Å². The van der Waals surface area contributed by atoms with Gasteiger partial charge < -0.3 is 10.4 Å². The number of hydrogen-bond acceptors (Lipinski definition) is 2. The minimum Gasteiger partial charge on any atom is -0.503 e. The van der Waals surface area contributed by atoms with Gasteiger partial charge in [-0.3, -0.25) is 4.79 Å². The molecule has 0 fully saturated rings. The van der Waals surface area contributed by atoms with Gasteiger partial charge in [-0.25, -0.2) is 8.78 Å². The van der Waals surface area contributed by atoms with Crippen LogP contribution in [0.2, 0.25) is 0 Å². The lowest BCUT2D eigenvalue weighted by molar-refractivity contribution is -0.114. The highest BCUT2D eigenvalue weighted by Gasteiger charge is 2.25. The molecule has 2 N–H and O–H groups in total. The van der Waals surface area contributed by atoms with Gasteiger partial charge in [0.25, 0.3) is 0 Å². The van der Waals surface area contributed by atoms with E-state index in [9.17, 15) is 22.4 Å². The highest BCUT2D eigenvalue weighted by atomic mass is 19.2. The summed E-state index contributed by atoms with van der Waals surface area (Å²) in [6.07, 6.45) is 0. The molecule has 0 aliphatic heterocycles. The monoisotopic (exact) mass is 223 g/mol. The second kappa shape index (κ2) is 3.76. The molecular weight excluding hydrogens is 218 g/mol. The van der Waals surface area contributed by atoms with E-state index >= 15 is 0 Å². The summed E-state index contributed by atoms with van der Waals surface area (Å²) >= 11 is 0. The summed E-state index contributed by atoms with van der Waals surface area (Å²) in [5.41, 5.74) is -1.27. The third kappa shape index (κ3) is 1.85. The van der Waals surface area contributed by atoms with E-state index in [0.29, 0.717) is 0 Å². The summed E-state index contributed by atoms with van der Waals surface area (Å²) in [5.74, 6) is -10.3. The Bertz CT molecular complexity index is 404. The number of nitrogens with one attached hydrogen (secondary N) is 1.